The molecular weight excluding hydrogens is 262 g/mol. The zero-order valence-corrected chi connectivity index (χ0v) is 11.3. The van der Waals surface area contributed by atoms with Crippen molar-refractivity contribution < 1.29 is 19.2 Å². The van der Waals surface area contributed by atoms with E-state index in [4.69, 9.17) is 0 Å². The van der Waals surface area contributed by atoms with Crippen LogP contribution in [0.2, 0.25) is 0 Å². The van der Waals surface area contributed by atoms with Gasteiger partial charge in [0.1, 0.15) is 6.54 Å². The van der Waals surface area contributed by atoms with Crippen molar-refractivity contribution in [2.75, 3.05) is 13.1 Å². The number of nitrogens with one attached hydrogen (secondary N) is 1. The van der Waals surface area contributed by atoms with Gasteiger partial charge in [-0.1, -0.05) is 6.08 Å². The molecule has 1 saturated heterocycles. The molecule has 2 fully saturated rings. The Hall–Kier alpha value is -2.18. The molecule has 1 aliphatic carbocycles. The minimum absolute atomic E-state index is 0.0234. The molecule has 5 amide bonds. The molecule has 0 aromatic rings. The molecule has 1 heterocycles. The van der Waals surface area contributed by atoms with Crippen molar-refractivity contribution in [1.29, 1.82) is 0 Å². The van der Waals surface area contributed by atoms with Crippen LogP contribution in [0.15, 0.2) is 12.7 Å². The third-order valence-corrected chi connectivity index (χ3v) is 3.47. The van der Waals surface area contributed by atoms with Gasteiger partial charge in [0.25, 0.3) is 0 Å². The maximum atomic E-state index is 11.9. The number of nitrogens with zero attached hydrogens (tertiary/aromatic N) is 2. The van der Waals surface area contributed by atoms with Crippen LogP contribution in [0.3, 0.4) is 0 Å². The number of hydrogen-bond acceptors (Lipinski definition) is 4. The highest BCUT2D eigenvalue weighted by Gasteiger charge is 2.44. The molecule has 2 aliphatic rings. The summed E-state index contributed by atoms with van der Waals surface area (Å²) in [5.41, 5.74) is 0. The van der Waals surface area contributed by atoms with Gasteiger partial charge in [-0.25, -0.2) is 9.69 Å². The second kappa shape index (κ2) is 5.44. The number of urea groups is 1. The van der Waals surface area contributed by atoms with E-state index in [0.29, 0.717) is 10.8 Å². The molecule has 1 atom stereocenters. The van der Waals surface area contributed by atoms with E-state index in [1.54, 1.807) is 0 Å². The van der Waals surface area contributed by atoms with E-state index in [2.05, 4.69) is 11.9 Å². The summed E-state index contributed by atoms with van der Waals surface area (Å²) in [4.78, 5) is 48.3. The lowest BCUT2D eigenvalue weighted by molar-refractivity contribution is -0.143. The van der Waals surface area contributed by atoms with Crippen LogP contribution in [0.25, 0.3) is 0 Å². The van der Waals surface area contributed by atoms with Crippen LogP contribution in [0.5, 0.6) is 0 Å². The van der Waals surface area contributed by atoms with Crippen molar-refractivity contribution in [2.45, 2.75) is 25.8 Å². The Morgan fingerprint density at radius 3 is 2.50 bits per heavy atom. The Balaban J connectivity index is 1.96. The van der Waals surface area contributed by atoms with Gasteiger partial charge in [0.2, 0.25) is 5.91 Å². The lowest BCUT2D eigenvalue weighted by Gasteiger charge is -2.16. The lowest BCUT2D eigenvalue weighted by Crippen LogP contribution is -2.44. The highest BCUT2D eigenvalue weighted by molar-refractivity contribution is 6.45. The summed E-state index contributed by atoms with van der Waals surface area (Å²) in [6.07, 6.45) is 3.51. The van der Waals surface area contributed by atoms with Gasteiger partial charge in [0.05, 0.1) is 0 Å². The predicted octanol–water partition coefficient (Wildman–Crippen LogP) is -0.122. The molecule has 1 N–H and O–H groups in total. The number of hydrogen-bond donors (Lipinski definition) is 1. The van der Waals surface area contributed by atoms with Crippen LogP contribution in [0, 0.1) is 5.92 Å². The van der Waals surface area contributed by atoms with Crippen molar-refractivity contribution >= 4 is 23.8 Å². The van der Waals surface area contributed by atoms with E-state index < -0.39 is 30.3 Å². The van der Waals surface area contributed by atoms with Crippen molar-refractivity contribution in [2.24, 2.45) is 5.92 Å². The second-order valence-electron chi connectivity index (χ2n) is 5.07. The maximum absolute atomic E-state index is 11.9. The number of imide groups is 2. The molecule has 1 saturated carbocycles. The molecule has 1 aliphatic heterocycles. The van der Waals surface area contributed by atoms with E-state index in [1.807, 2.05) is 6.92 Å². The summed E-state index contributed by atoms with van der Waals surface area (Å²) in [5, 5.41) is 2.74. The minimum atomic E-state index is -0.967. The van der Waals surface area contributed by atoms with Crippen LogP contribution in [-0.4, -0.2) is 52.7 Å². The van der Waals surface area contributed by atoms with Gasteiger partial charge in [-0.3, -0.25) is 19.3 Å². The first kappa shape index (κ1) is 14.2. The average molecular weight is 279 g/mol. The number of amides is 5. The molecule has 2 rings (SSSR count). The molecule has 0 unspecified atom stereocenters. The summed E-state index contributed by atoms with van der Waals surface area (Å²) in [7, 11) is 0. The third-order valence-electron chi connectivity index (χ3n) is 3.47. The zero-order valence-electron chi connectivity index (χ0n) is 11.3. The smallest absolute Gasteiger partial charge is 0.335 e. The molecule has 0 bridgehead atoms. The number of carbonyl (C=O) groups is 4. The van der Waals surface area contributed by atoms with Gasteiger partial charge in [0, 0.05) is 12.6 Å². The molecule has 0 spiro atoms. The minimum Gasteiger partial charge on any atom is -0.352 e. The maximum Gasteiger partial charge on any atom is 0.335 e. The van der Waals surface area contributed by atoms with Crippen molar-refractivity contribution in [3.05, 3.63) is 12.7 Å². The summed E-state index contributed by atoms with van der Waals surface area (Å²) < 4.78 is 0. The van der Waals surface area contributed by atoms with Gasteiger partial charge in [-0.2, -0.15) is 0 Å². The normalized spacial score (nSPS) is 20.4. The molecule has 0 aromatic carbocycles. The highest BCUT2D eigenvalue weighted by atomic mass is 16.2. The molecule has 20 heavy (non-hydrogen) atoms. The van der Waals surface area contributed by atoms with Crippen LogP contribution >= 0.6 is 0 Å². The Labute approximate surface area is 116 Å². The molecule has 7 heteroatoms. The van der Waals surface area contributed by atoms with Crippen LogP contribution in [-0.2, 0) is 14.4 Å². The van der Waals surface area contributed by atoms with E-state index in [1.165, 1.54) is 6.08 Å². The van der Waals surface area contributed by atoms with E-state index in [0.717, 1.165) is 17.7 Å². The Morgan fingerprint density at radius 1 is 1.35 bits per heavy atom. The predicted molar refractivity (Wildman–Crippen MR) is 69.3 cm³/mol. The number of rotatable bonds is 6. The molecule has 0 aromatic heterocycles. The van der Waals surface area contributed by atoms with Gasteiger partial charge in [0.15, 0.2) is 0 Å². The van der Waals surface area contributed by atoms with Crippen LogP contribution in [0.1, 0.15) is 19.8 Å². The SMILES string of the molecule is C=CCN1C(=O)C(=O)N(CC(=O)N[C@H](C)C2CC2)C1=O. The number of carbonyl (C=O) groups excluding carboxylic acids is 4. The fourth-order valence-corrected chi connectivity index (χ4v) is 2.14. The van der Waals surface area contributed by atoms with Gasteiger partial charge >= 0.3 is 17.8 Å². The van der Waals surface area contributed by atoms with E-state index >= 15 is 0 Å². The zero-order chi connectivity index (χ0) is 14.9. The first-order valence-electron chi connectivity index (χ1n) is 6.53. The first-order valence-corrected chi connectivity index (χ1v) is 6.53. The Morgan fingerprint density at radius 2 is 1.95 bits per heavy atom. The van der Waals surface area contributed by atoms with Gasteiger partial charge in [-0.05, 0) is 25.7 Å². The molecule has 7 nitrogen and oxygen atoms in total. The summed E-state index contributed by atoms with van der Waals surface area (Å²) in [5.74, 6) is -1.84. The van der Waals surface area contributed by atoms with Crippen molar-refractivity contribution in [3.8, 4) is 0 Å². The van der Waals surface area contributed by atoms with E-state index in [9.17, 15) is 19.2 Å². The third kappa shape index (κ3) is 2.71. The topological polar surface area (TPSA) is 86.8 Å². The standard InChI is InChI=1S/C13H17N3O4/c1-3-6-15-11(18)12(19)16(13(15)20)7-10(17)14-8(2)9-4-5-9/h3,8-9H,1,4-7H2,2H3,(H,14,17)/t8-/m1/s1. The van der Waals surface area contributed by atoms with Crippen molar-refractivity contribution in [1.82, 2.24) is 15.1 Å². The van der Waals surface area contributed by atoms with Gasteiger partial charge in [-0.15, -0.1) is 6.58 Å². The largest absolute Gasteiger partial charge is 0.352 e. The summed E-state index contributed by atoms with van der Waals surface area (Å²) in [6, 6.07) is -0.746. The highest BCUT2D eigenvalue weighted by Crippen LogP contribution is 2.32. The first-order chi connectivity index (χ1) is 9.45. The summed E-state index contributed by atoms with van der Waals surface area (Å²) >= 11 is 0. The van der Waals surface area contributed by atoms with Crippen LogP contribution in [0.4, 0.5) is 4.79 Å². The fraction of sp³-hybridized carbons (Fsp3) is 0.538. The lowest BCUT2D eigenvalue weighted by atomic mass is 10.2. The quantitative estimate of drug-likeness (QED) is 0.417. The van der Waals surface area contributed by atoms with Gasteiger partial charge < -0.3 is 5.32 Å². The Bertz CT molecular complexity index is 484. The molecular formula is C13H17N3O4. The average Bonchev–Trinajstić information content (AvgIpc) is 3.21. The fourth-order valence-electron chi connectivity index (χ4n) is 2.14. The van der Waals surface area contributed by atoms with Crippen LogP contribution < -0.4 is 5.32 Å². The summed E-state index contributed by atoms with van der Waals surface area (Å²) in [6.45, 7) is 4.84. The van der Waals surface area contributed by atoms with Crippen molar-refractivity contribution in [3.63, 3.8) is 0 Å². The Kier molecular flexibility index (Phi) is 3.87. The van der Waals surface area contributed by atoms with E-state index in [-0.39, 0.29) is 12.6 Å². The second-order valence-corrected chi connectivity index (χ2v) is 5.07. The monoisotopic (exact) mass is 279 g/mol. The molecule has 0 radical (unpaired) electrons. The molecule has 108 valence electrons.